The van der Waals surface area contributed by atoms with Gasteiger partial charge in [0.05, 0.1) is 13.7 Å². The molecule has 0 aromatic heterocycles. The molecule has 7 nitrogen and oxygen atoms in total. The molecule has 1 aromatic rings. The Labute approximate surface area is 198 Å². The number of amides is 1. The van der Waals surface area contributed by atoms with Crippen LogP contribution in [0, 0.1) is 0 Å². The van der Waals surface area contributed by atoms with Crippen molar-refractivity contribution in [2.24, 2.45) is 4.99 Å². The summed E-state index contributed by atoms with van der Waals surface area (Å²) < 4.78 is 5.23. The van der Waals surface area contributed by atoms with Crippen LogP contribution in [-0.4, -0.2) is 69.7 Å². The molecular formula is C22H38IN5O2. The molecule has 1 atom stereocenters. The Balaban J connectivity index is 0.00000450. The topological polar surface area (TPSA) is 78.0 Å². The number of ether oxygens (including phenoxy) is 1. The minimum atomic E-state index is 0. The van der Waals surface area contributed by atoms with Crippen molar-refractivity contribution >= 4 is 35.8 Å². The lowest BCUT2D eigenvalue weighted by atomic mass is 9.98. The molecule has 1 saturated heterocycles. The lowest BCUT2D eigenvalue weighted by Crippen LogP contribution is -2.50. The highest BCUT2D eigenvalue weighted by Crippen LogP contribution is 2.21. The summed E-state index contributed by atoms with van der Waals surface area (Å²) in [4.78, 5) is 18.5. The molecule has 170 valence electrons. The van der Waals surface area contributed by atoms with Crippen LogP contribution in [0.15, 0.2) is 29.3 Å². The Morgan fingerprint density at radius 2 is 1.93 bits per heavy atom. The minimum Gasteiger partial charge on any atom is -0.497 e. The van der Waals surface area contributed by atoms with Crippen LogP contribution >= 0.6 is 24.0 Å². The predicted molar refractivity (Wildman–Crippen MR) is 134 cm³/mol. The van der Waals surface area contributed by atoms with Gasteiger partial charge in [-0.1, -0.05) is 19.1 Å². The molecule has 8 heteroatoms. The van der Waals surface area contributed by atoms with E-state index in [9.17, 15) is 4.79 Å². The van der Waals surface area contributed by atoms with Crippen molar-refractivity contribution in [2.75, 3.05) is 46.9 Å². The van der Waals surface area contributed by atoms with Crippen LogP contribution in [0.25, 0.3) is 0 Å². The number of nitrogens with one attached hydrogen (secondary N) is 3. The van der Waals surface area contributed by atoms with E-state index in [1.807, 2.05) is 12.1 Å². The van der Waals surface area contributed by atoms with Gasteiger partial charge in [-0.25, -0.2) is 0 Å². The van der Waals surface area contributed by atoms with E-state index in [1.165, 1.54) is 5.56 Å². The molecule has 1 heterocycles. The lowest BCUT2D eigenvalue weighted by Gasteiger charge is -2.32. The third-order valence-corrected chi connectivity index (χ3v) is 5.44. The molecule has 0 bridgehead atoms. The van der Waals surface area contributed by atoms with E-state index in [0.717, 1.165) is 57.2 Å². The van der Waals surface area contributed by atoms with Crippen molar-refractivity contribution in [1.29, 1.82) is 0 Å². The second kappa shape index (κ2) is 14.5. The maximum atomic E-state index is 11.5. The minimum absolute atomic E-state index is 0. The monoisotopic (exact) mass is 531 g/mol. The van der Waals surface area contributed by atoms with E-state index in [4.69, 9.17) is 9.73 Å². The molecule has 1 unspecified atom stereocenters. The SMILES string of the molecule is CCNC(=NCCC(C)c1ccc(OC)cc1)NC1CCN(CC(=O)NC)CC1.I. The van der Waals surface area contributed by atoms with E-state index in [-0.39, 0.29) is 29.9 Å². The van der Waals surface area contributed by atoms with Gasteiger partial charge in [0.1, 0.15) is 5.75 Å². The zero-order valence-corrected chi connectivity index (χ0v) is 21.1. The molecule has 1 aliphatic heterocycles. The number of aliphatic imine (C=N–C) groups is 1. The quantitative estimate of drug-likeness (QED) is 0.260. The Hall–Kier alpha value is -1.55. The summed E-state index contributed by atoms with van der Waals surface area (Å²) in [7, 11) is 3.37. The van der Waals surface area contributed by atoms with E-state index in [1.54, 1.807) is 14.2 Å². The fourth-order valence-corrected chi connectivity index (χ4v) is 3.50. The molecule has 0 saturated carbocycles. The molecule has 3 N–H and O–H groups in total. The van der Waals surface area contributed by atoms with Gasteiger partial charge in [0.15, 0.2) is 5.96 Å². The first-order valence-corrected chi connectivity index (χ1v) is 10.7. The number of carbonyl (C=O) groups excluding carboxylic acids is 1. The van der Waals surface area contributed by atoms with Gasteiger partial charge in [-0.2, -0.15) is 0 Å². The van der Waals surface area contributed by atoms with Crippen LogP contribution in [0.1, 0.15) is 44.6 Å². The van der Waals surface area contributed by atoms with Crippen molar-refractivity contribution in [2.45, 2.75) is 45.1 Å². The number of halogens is 1. The maximum absolute atomic E-state index is 11.5. The van der Waals surface area contributed by atoms with Gasteiger partial charge in [0.25, 0.3) is 0 Å². The normalized spacial score (nSPS) is 16.3. The van der Waals surface area contributed by atoms with Crippen molar-refractivity contribution in [3.63, 3.8) is 0 Å². The average molecular weight is 531 g/mol. The van der Waals surface area contributed by atoms with Crippen molar-refractivity contribution < 1.29 is 9.53 Å². The Bertz CT molecular complexity index is 645. The molecule has 1 aromatic carbocycles. The fraction of sp³-hybridized carbons (Fsp3) is 0.636. The third-order valence-electron chi connectivity index (χ3n) is 5.44. The van der Waals surface area contributed by atoms with Crippen LogP contribution in [0.5, 0.6) is 5.75 Å². The highest BCUT2D eigenvalue weighted by Gasteiger charge is 2.21. The Kier molecular flexibility index (Phi) is 12.8. The first-order chi connectivity index (χ1) is 14.0. The van der Waals surface area contributed by atoms with Gasteiger partial charge in [-0.3, -0.25) is 14.7 Å². The van der Waals surface area contributed by atoms with Gasteiger partial charge in [0.2, 0.25) is 5.91 Å². The van der Waals surface area contributed by atoms with E-state index in [0.29, 0.717) is 18.5 Å². The number of likely N-dealkylation sites (tertiary alicyclic amines) is 1. The first kappa shape index (κ1) is 26.5. The van der Waals surface area contributed by atoms with Crippen molar-refractivity contribution in [1.82, 2.24) is 20.9 Å². The number of piperidine rings is 1. The highest BCUT2D eigenvalue weighted by molar-refractivity contribution is 14.0. The number of guanidine groups is 1. The zero-order chi connectivity index (χ0) is 21.1. The number of carbonyl (C=O) groups is 1. The molecule has 1 aliphatic rings. The van der Waals surface area contributed by atoms with E-state index < -0.39 is 0 Å². The molecule has 30 heavy (non-hydrogen) atoms. The fourth-order valence-electron chi connectivity index (χ4n) is 3.50. The first-order valence-electron chi connectivity index (χ1n) is 10.7. The molecule has 0 radical (unpaired) electrons. The Morgan fingerprint density at radius 1 is 1.27 bits per heavy atom. The zero-order valence-electron chi connectivity index (χ0n) is 18.7. The second-order valence-electron chi connectivity index (χ2n) is 7.59. The van der Waals surface area contributed by atoms with E-state index in [2.05, 4.69) is 46.8 Å². The maximum Gasteiger partial charge on any atom is 0.233 e. The molecule has 0 spiro atoms. The summed E-state index contributed by atoms with van der Waals surface area (Å²) >= 11 is 0. The third kappa shape index (κ3) is 9.07. The molecular weight excluding hydrogens is 493 g/mol. The van der Waals surface area contributed by atoms with Crippen LogP contribution in [0.3, 0.4) is 0 Å². The molecule has 1 fully saturated rings. The van der Waals surface area contributed by atoms with Crippen LogP contribution < -0.4 is 20.7 Å². The number of benzene rings is 1. The average Bonchev–Trinajstić information content (AvgIpc) is 2.75. The molecule has 1 amide bonds. The number of hydrogen-bond acceptors (Lipinski definition) is 4. The smallest absolute Gasteiger partial charge is 0.233 e. The summed E-state index contributed by atoms with van der Waals surface area (Å²) in [5.41, 5.74) is 1.31. The predicted octanol–water partition coefficient (Wildman–Crippen LogP) is 2.57. The number of nitrogens with zero attached hydrogens (tertiary/aromatic N) is 2. The lowest BCUT2D eigenvalue weighted by molar-refractivity contribution is -0.122. The summed E-state index contributed by atoms with van der Waals surface area (Å²) in [6, 6.07) is 8.67. The van der Waals surface area contributed by atoms with E-state index >= 15 is 0 Å². The molecule has 0 aliphatic carbocycles. The number of methoxy groups -OCH3 is 1. The van der Waals surface area contributed by atoms with Crippen molar-refractivity contribution in [3.05, 3.63) is 29.8 Å². The number of likely N-dealkylation sites (N-methyl/N-ethyl adjacent to an activating group) is 1. The largest absolute Gasteiger partial charge is 0.497 e. The summed E-state index contributed by atoms with van der Waals surface area (Å²) in [5.74, 6) is 2.30. The summed E-state index contributed by atoms with van der Waals surface area (Å²) in [6.07, 6.45) is 3.03. The van der Waals surface area contributed by atoms with Crippen LogP contribution in [0.4, 0.5) is 0 Å². The van der Waals surface area contributed by atoms with Crippen molar-refractivity contribution in [3.8, 4) is 5.75 Å². The highest BCUT2D eigenvalue weighted by atomic mass is 127. The Morgan fingerprint density at radius 3 is 2.50 bits per heavy atom. The number of rotatable bonds is 9. The van der Waals surface area contributed by atoms with Gasteiger partial charge >= 0.3 is 0 Å². The van der Waals surface area contributed by atoms with Crippen LogP contribution in [-0.2, 0) is 4.79 Å². The number of hydrogen-bond donors (Lipinski definition) is 3. The molecule has 2 rings (SSSR count). The van der Waals surface area contributed by atoms with Gasteiger partial charge in [-0.15, -0.1) is 24.0 Å². The van der Waals surface area contributed by atoms with Crippen LogP contribution in [0.2, 0.25) is 0 Å². The van der Waals surface area contributed by atoms with Gasteiger partial charge < -0.3 is 20.7 Å². The summed E-state index contributed by atoms with van der Waals surface area (Å²) in [6.45, 7) is 8.29. The van der Waals surface area contributed by atoms with Gasteiger partial charge in [-0.05, 0) is 49.8 Å². The second-order valence-corrected chi connectivity index (χ2v) is 7.59. The van der Waals surface area contributed by atoms with Gasteiger partial charge in [0, 0.05) is 39.3 Å². The summed E-state index contributed by atoms with van der Waals surface area (Å²) in [5, 5.41) is 9.61. The standard InChI is InChI=1S/C22H37N5O2.HI/c1-5-24-22(26-19-11-14-27(15-12-19)16-21(28)23-3)25-13-10-17(2)18-6-8-20(29-4)9-7-18;/h6-9,17,19H,5,10-16H2,1-4H3,(H,23,28)(H2,24,25,26);1H.